The first-order chi connectivity index (χ1) is 9.06. The highest BCUT2D eigenvalue weighted by Gasteiger charge is 2.26. The number of amides is 1. The van der Waals surface area contributed by atoms with Gasteiger partial charge >= 0.3 is 5.97 Å². The molecule has 5 heteroatoms. The van der Waals surface area contributed by atoms with E-state index in [0.29, 0.717) is 0 Å². The molecule has 1 amide bonds. The van der Waals surface area contributed by atoms with Gasteiger partial charge in [0.05, 0.1) is 5.92 Å². The zero-order chi connectivity index (χ0) is 14.3. The average molecular weight is 265 g/mol. The predicted octanol–water partition coefficient (Wildman–Crippen LogP) is 1.95. The van der Waals surface area contributed by atoms with Crippen LogP contribution in [0.1, 0.15) is 31.7 Å². The van der Waals surface area contributed by atoms with E-state index in [9.17, 15) is 9.59 Å². The molecule has 0 radical (unpaired) electrons. The second kappa shape index (κ2) is 7.53. The van der Waals surface area contributed by atoms with E-state index in [1.54, 1.807) is 0 Å². The highest BCUT2D eigenvalue weighted by Crippen LogP contribution is 2.26. The summed E-state index contributed by atoms with van der Waals surface area (Å²) in [4.78, 5) is 27.1. The predicted molar refractivity (Wildman–Crippen MR) is 70.4 cm³/mol. The molecular weight excluding hydrogens is 246 g/mol. The van der Waals surface area contributed by atoms with Crippen molar-refractivity contribution in [3.8, 4) is 0 Å². The second-order valence-electron chi connectivity index (χ2n) is 4.42. The second-order valence-corrected chi connectivity index (χ2v) is 4.42. The number of hydroxylamine groups is 1. The topological polar surface area (TPSA) is 75.6 Å². The quantitative estimate of drug-likeness (QED) is 0.739. The van der Waals surface area contributed by atoms with E-state index in [0.717, 1.165) is 12.0 Å². The van der Waals surface area contributed by atoms with Crippen LogP contribution in [0.15, 0.2) is 30.3 Å². The number of carboxylic acid groups (broad SMARTS) is 1. The molecule has 0 aliphatic heterocycles. The molecule has 0 bridgehead atoms. The van der Waals surface area contributed by atoms with Crippen molar-refractivity contribution in [2.75, 3.05) is 6.61 Å². The highest BCUT2D eigenvalue weighted by atomic mass is 16.7. The molecule has 0 saturated carbocycles. The Bertz CT molecular complexity index is 419. The van der Waals surface area contributed by atoms with Gasteiger partial charge < -0.3 is 5.11 Å². The molecule has 104 valence electrons. The van der Waals surface area contributed by atoms with E-state index in [1.165, 1.54) is 0 Å². The Morgan fingerprint density at radius 1 is 1.32 bits per heavy atom. The van der Waals surface area contributed by atoms with Crippen LogP contribution in [0.25, 0.3) is 0 Å². The molecule has 1 aromatic carbocycles. The van der Waals surface area contributed by atoms with E-state index in [1.807, 2.05) is 44.2 Å². The lowest BCUT2D eigenvalue weighted by atomic mass is 9.85. The van der Waals surface area contributed by atoms with Crippen LogP contribution in [-0.2, 0) is 14.4 Å². The number of benzene rings is 1. The Labute approximate surface area is 112 Å². The van der Waals surface area contributed by atoms with Gasteiger partial charge in [-0.3, -0.25) is 9.63 Å². The van der Waals surface area contributed by atoms with Gasteiger partial charge in [-0.2, -0.15) is 0 Å². The van der Waals surface area contributed by atoms with Crippen molar-refractivity contribution in [1.29, 1.82) is 0 Å². The van der Waals surface area contributed by atoms with Gasteiger partial charge in [0.15, 0.2) is 6.61 Å². The summed E-state index contributed by atoms with van der Waals surface area (Å²) in [6.45, 7) is 3.44. The molecule has 0 heterocycles. The maximum absolute atomic E-state index is 12.1. The Morgan fingerprint density at radius 2 is 1.95 bits per heavy atom. The van der Waals surface area contributed by atoms with Gasteiger partial charge in [0, 0.05) is 0 Å². The molecule has 1 rings (SSSR count). The van der Waals surface area contributed by atoms with E-state index >= 15 is 0 Å². The van der Waals surface area contributed by atoms with Crippen molar-refractivity contribution < 1.29 is 19.5 Å². The Kier molecular flexibility index (Phi) is 6.02. The Balaban J connectivity index is 2.75. The molecule has 0 fully saturated rings. The van der Waals surface area contributed by atoms with Crippen LogP contribution in [0.4, 0.5) is 0 Å². The van der Waals surface area contributed by atoms with Gasteiger partial charge in [-0.05, 0) is 11.5 Å². The van der Waals surface area contributed by atoms with Crippen LogP contribution in [-0.4, -0.2) is 23.6 Å². The standard InChI is InChI=1S/C14H19NO4/c1-3-10(2)13(11-7-5-4-6-8-11)14(18)15-19-9-12(16)17/h4-8,10,13H,3,9H2,1-2H3,(H,15,18)(H,16,17). The summed E-state index contributed by atoms with van der Waals surface area (Å²) >= 11 is 0. The molecule has 1 aromatic rings. The van der Waals surface area contributed by atoms with Gasteiger partial charge in [0.2, 0.25) is 0 Å². The Hall–Kier alpha value is -1.88. The number of hydrogen-bond donors (Lipinski definition) is 2. The van der Waals surface area contributed by atoms with Crippen molar-refractivity contribution in [3.05, 3.63) is 35.9 Å². The molecule has 0 aliphatic carbocycles. The first-order valence-electron chi connectivity index (χ1n) is 6.24. The average Bonchev–Trinajstić information content (AvgIpc) is 2.39. The summed E-state index contributed by atoms with van der Waals surface area (Å²) in [5, 5.41) is 8.46. The summed E-state index contributed by atoms with van der Waals surface area (Å²) in [6.07, 6.45) is 0.839. The molecule has 2 unspecified atom stereocenters. The minimum Gasteiger partial charge on any atom is -0.479 e. The van der Waals surface area contributed by atoms with Crippen LogP contribution in [0.3, 0.4) is 0 Å². The molecule has 0 aromatic heterocycles. The van der Waals surface area contributed by atoms with Gasteiger partial charge in [0.25, 0.3) is 5.91 Å². The molecule has 2 atom stereocenters. The first-order valence-corrected chi connectivity index (χ1v) is 6.24. The molecular formula is C14H19NO4. The van der Waals surface area contributed by atoms with Crippen LogP contribution in [0, 0.1) is 5.92 Å². The van der Waals surface area contributed by atoms with Crippen molar-refractivity contribution in [1.82, 2.24) is 5.48 Å². The smallest absolute Gasteiger partial charge is 0.332 e. The Morgan fingerprint density at radius 3 is 2.47 bits per heavy atom. The van der Waals surface area contributed by atoms with E-state index in [2.05, 4.69) is 10.3 Å². The third kappa shape index (κ3) is 4.71. The number of rotatable bonds is 7. The number of nitrogens with one attached hydrogen (secondary N) is 1. The normalized spacial score (nSPS) is 13.6. The molecule has 19 heavy (non-hydrogen) atoms. The monoisotopic (exact) mass is 265 g/mol. The van der Waals surface area contributed by atoms with Crippen molar-refractivity contribution in [2.45, 2.75) is 26.2 Å². The summed E-state index contributed by atoms with van der Waals surface area (Å²) in [6, 6.07) is 9.39. The number of carboxylic acids is 1. The highest BCUT2D eigenvalue weighted by molar-refractivity contribution is 5.83. The van der Waals surface area contributed by atoms with Crippen LogP contribution < -0.4 is 5.48 Å². The lowest BCUT2D eigenvalue weighted by Crippen LogP contribution is -2.34. The van der Waals surface area contributed by atoms with Gasteiger partial charge in [-0.15, -0.1) is 0 Å². The lowest BCUT2D eigenvalue weighted by molar-refractivity contribution is -0.150. The third-order valence-electron chi connectivity index (χ3n) is 3.02. The van der Waals surface area contributed by atoms with E-state index < -0.39 is 12.6 Å². The van der Waals surface area contributed by atoms with Crippen molar-refractivity contribution in [3.63, 3.8) is 0 Å². The number of carbonyl (C=O) groups excluding carboxylic acids is 1. The molecule has 2 N–H and O–H groups in total. The zero-order valence-corrected chi connectivity index (χ0v) is 11.1. The molecule has 0 saturated heterocycles. The molecule has 0 spiro atoms. The molecule has 5 nitrogen and oxygen atoms in total. The fourth-order valence-electron chi connectivity index (χ4n) is 1.87. The minimum absolute atomic E-state index is 0.135. The molecule has 0 aliphatic rings. The number of carbonyl (C=O) groups is 2. The maximum atomic E-state index is 12.1. The summed E-state index contributed by atoms with van der Waals surface area (Å²) in [5.74, 6) is -1.65. The van der Waals surface area contributed by atoms with Crippen LogP contribution in [0.5, 0.6) is 0 Å². The lowest BCUT2D eigenvalue weighted by Gasteiger charge is -2.22. The number of hydrogen-bond acceptors (Lipinski definition) is 3. The van der Waals surface area contributed by atoms with Gasteiger partial charge in [-0.1, -0.05) is 50.6 Å². The zero-order valence-electron chi connectivity index (χ0n) is 11.1. The van der Waals surface area contributed by atoms with Crippen LogP contribution >= 0.6 is 0 Å². The first kappa shape index (κ1) is 15.2. The van der Waals surface area contributed by atoms with Gasteiger partial charge in [-0.25, -0.2) is 10.3 Å². The van der Waals surface area contributed by atoms with E-state index in [4.69, 9.17) is 5.11 Å². The van der Waals surface area contributed by atoms with Crippen molar-refractivity contribution >= 4 is 11.9 Å². The van der Waals surface area contributed by atoms with Crippen molar-refractivity contribution in [2.24, 2.45) is 5.92 Å². The summed E-state index contributed by atoms with van der Waals surface area (Å²) in [5.41, 5.74) is 3.10. The third-order valence-corrected chi connectivity index (χ3v) is 3.02. The fourth-order valence-corrected chi connectivity index (χ4v) is 1.87. The van der Waals surface area contributed by atoms with Crippen LogP contribution in [0.2, 0.25) is 0 Å². The summed E-state index contributed by atoms with van der Waals surface area (Å²) < 4.78 is 0. The fraction of sp³-hybridized carbons (Fsp3) is 0.429. The van der Waals surface area contributed by atoms with Gasteiger partial charge in [0.1, 0.15) is 0 Å². The maximum Gasteiger partial charge on any atom is 0.332 e. The van der Waals surface area contributed by atoms with E-state index in [-0.39, 0.29) is 17.7 Å². The SMILES string of the molecule is CCC(C)C(C(=O)NOCC(=O)O)c1ccccc1. The summed E-state index contributed by atoms with van der Waals surface area (Å²) in [7, 11) is 0. The number of aliphatic carboxylic acids is 1. The minimum atomic E-state index is -1.12. The largest absolute Gasteiger partial charge is 0.479 e.